The predicted octanol–water partition coefficient (Wildman–Crippen LogP) is 13.1. The van der Waals surface area contributed by atoms with Gasteiger partial charge in [0.25, 0.3) is 0 Å². The fourth-order valence-corrected chi connectivity index (χ4v) is 8.41. The molecule has 0 bridgehead atoms. The molecule has 286 valence electrons. The van der Waals surface area contributed by atoms with E-state index >= 15 is 0 Å². The number of hydrogen-bond donors (Lipinski definition) is 0. The molecule has 0 spiro atoms. The molecule has 0 radical (unpaired) electrons. The van der Waals surface area contributed by atoms with Gasteiger partial charge in [-0.2, -0.15) is 0 Å². The summed E-state index contributed by atoms with van der Waals surface area (Å²) in [6.45, 7) is 6.48. The summed E-state index contributed by atoms with van der Waals surface area (Å²) in [6.07, 6.45) is 37.7. The van der Waals surface area contributed by atoms with E-state index in [9.17, 15) is 9.59 Å². The van der Waals surface area contributed by atoms with Crippen LogP contribution in [0.4, 0.5) is 0 Å². The lowest BCUT2D eigenvalue weighted by Crippen LogP contribution is -2.24. The largest absolute Gasteiger partial charge is 0.466 e. The van der Waals surface area contributed by atoms with E-state index in [-0.39, 0.29) is 18.4 Å². The maximum atomic E-state index is 12.9. The fourth-order valence-electron chi connectivity index (χ4n) is 5.98. The third-order valence-electron chi connectivity index (χ3n) is 9.14. The van der Waals surface area contributed by atoms with Crippen molar-refractivity contribution in [2.45, 2.75) is 212 Å². The molecule has 0 aromatic carbocycles. The monoisotopic (exact) mass is 716 g/mol. The Morgan fingerprint density at radius 3 is 1.23 bits per heavy atom. The van der Waals surface area contributed by atoms with Crippen molar-refractivity contribution >= 4 is 33.5 Å². The zero-order valence-corrected chi connectivity index (χ0v) is 34.1. The third-order valence-corrected chi connectivity index (χ3v) is 11.9. The van der Waals surface area contributed by atoms with Crippen molar-refractivity contribution in [3.8, 4) is 0 Å². The molecule has 0 saturated carbocycles. The lowest BCUT2D eigenvalue weighted by Gasteiger charge is -2.15. The summed E-state index contributed by atoms with van der Waals surface area (Å²) in [5.41, 5.74) is 0. The minimum absolute atomic E-state index is 0.0987. The quantitative estimate of drug-likeness (QED) is 0.0357. The number of carbonyl (C=O) groups excluding carboxylic acids is 2. The molecule has 0 rings (SSSR count). The van der Waals surface area contributed by atoms with E-state index in [0.29, 0.717) is 13.2 Å². The number of ether oxygens (including phenoxy) is 2. The molecule has 0 saturated heterocycles. The van der Waals surface area contributed by atoms with Crippen molar-refractivity contribution in [3.63, 3.8) is 0 Å². The highest BCUT2D eigenvalue weighted by molar-refractivity contribution is 8.77. The van der Waals surface area contributed by atoms with Crippen LogP contribution in [0.3, 0.4) is 0 Å². The Morgan fingerprint density at radius 2 is 0.854 bits per heavy atom. The molecule has 0 heterocycles. The van der Waals surface area contributed by atoms with E-state index in [1.807, 2.05) is 0 Å². The predicted molar refractivity (Wildman–Crippen MR) is 214 cm³/mol. The molecule has 0 amide bonds. The molecule has 48 heavy (non-hydrogen) atoms. The van der Waals surface area contributed by atoms with Gasteiger partial charge in [0.05, 0.1) is 19.6 Å². The minimum atomic E-state index is -0.496. The molecule has 0 aliphatic heterocycles. The Labute approximate surface area is 307 Å². The van der Waals surface area contributed by atoms with Crippen LogP contribution in [0.1, 0.15) is 206 Å². The first-order valence-corrected chi connectivity index (χ1v) is 23.1. The Morgan fingerprint density at radius 1 is 0.500 bits per heavy atom. The molecule has 1 atom stereocenters. The first-order valence-electron chi connectivity index (χ1n) is 20.8. The zero-order valence-electron chi connectivity index (χ0n) is 32.5. The van der Waals surface area contributed by atoms with Crippen LogP contribution in [0.25, 0.3) is 0 Å². The second-order valence-electron chi connectivity index (χ2n) is 14.3. The van der Waals surface area contributed by atoms with Gasteiger partial charge in [-0.3, -0.25) is 9.59 Å². The van der Waals surface area contributed by atoms with Gasteiger partial charge in [0.2, 0.25) is 0 Å². The van der Waals surface area contributed by atoms with Gasteiger partial charge in [0, 0.05) is 5.75 Å². The van der Waals surface area contributed by atoms with Crippen molar-refractivity contribution in [1.82, 2.24) is 4.90 Å². The van der Waals surface area contributed by atoms with Crippen LogP contribution in [-0.4, -0.2) is 61.7 Å². The Bertz CT molecular complexity index is 679. The van der Waals surface area contributed by atoms with E-state index in [2.05, 4.69) is 32.8 Å². The standard InChI is InChI=1S/C41H81NO4S2/c1-5-7-9-11-13-15-17-19-21-23-25-27-29-31-35-45-40(43)38-39(48-47-37-33-34-42(3)4)41(44)46-36-32-30-28-26-24-22-20-18-16-14-12-10-8-6-2/h39H,5-38H2,1-4H3. The summed E-state index contributed by atoms with van der Waals surface area (Å²) in [7, 11) is 7.30. The number of nitrogens with zero attached hydrogens (tertiary/aromatic N) is 1. The van der Waals surface area contributed by atoms with Crippen molar-refractivity contribution in [1.29, 1.82) is 0 Å². The molecule has 0 aliphatic carbocycles. The average molecular weight is 716 g/mol. The van der Waals surface area contributed by atoms with Gasteiger partial charge in [-0.05, 0) is 39.9 Å². The highest BCUT2D eigenvalue weighted by atomic mass is 33.1. The maximum absolute atomic E-state index is 12.9. The summed E-state index contributed by atoms with van der Waals surface area (Å²) in [4.78, 5) is 27.7. The lowest BCUT2D eigenvalue weighted by atomic mass is 10.0. The van der Waals surface area contributed by atoms with E-state index < -0.39 is 5.25 Å². The molecule has 5 nitrogen and oxygen atoms in total. The summed E-state index contributed by atoms with van der Waals surface area (Å²) in [5, 5.41) is -0.496. The van der Waals surface area contributed by atoms with E-state index in [1.54, 1.807) is 10.8 Å². The van der Waals surface area contributed by atoms with Crippen molar-refractivity contribution < 1.29 is 19.1 Å². The lowest BCUT2D eigenvalue weighted by molar-refractivity contribution is -0.149. The zero-order chi connectivity index (χ0) is 35.2. The first kappa shape index (κ1) is 47.6. The molecule has 0 fully saturated rings. The first-order chi connectivity index (χ1) is 23.5. The van der Waals surface area contributed by atoms with Gasteiger partial charge in [0.1, 0.15) is 5.25 Å². The van der Waals surface area contributed by atoms with Gasteiger partial charge in [-0.15, -0.1) is 0 Å². The number of esters is 2. The average Bonchev–Trinajstić information content (AvgIpc) is 3.07. The van der Waals surface area contributed by atoms with Crippen molar-refractivity contribution in [2.75, 3.05) is 39.6 Å². The minimum Gasteiger partial charge on any atom is -0.466 e. The highest BCUT2D eigenvalue weighted by Crippen LogP contribution is 2.31. The van der Waals surface area contributed by atoms with Gasteiger partial charge in [0.15, 0.2) is 0 Å². The molecule has 1 unspecified atom stereocenters. The Kier molecular flexibility index (Phi) is 39.1. The normalized spacial score (nSPS) is 12.1. The van der Waals surface area contributed by atoms with Crippen LogP contribution in [-0.2, 0) is 19.1 Å². The third kappa shape index (κ3) is 36.9. The number of carbonyl (C=O) groups is 2. The fraction of sp³-hybridized carbons (Fsp3) is 0.951. The second-order valence-corrected chi connectivity index (χ2v) is 17.0. The highest BCUT2D eigenvalue weighted by Gasteiger charge is 2.25. The van der Waals surface area contributed by atoms with Crippen LogP contribution in [0.5, 0.6) is 0 Å². The van der Waals surface area contributed by atoms with Crippen LogP contribution in [0.15, 0.2) is 0 Å². The van der Waals surface area contributed by atoms with Crippen LogP contribution < -0.4 is 0 Å². The Hall–Kier alpha value is -0.400. The van der Waals surface area contributed by atoms with E-state index in [4.69, 9.17) is 9.47 Å². The summed E-state index contributed by atoms with van der Waals surface area (Å²) in [6, 6.07) is 0. The van der Waals surface area contributed by atoms with Gasteiger partial charge in [-0.1, -0.05) is 202 Å². The van der Waals surface area contributed by atoms with Gasteiger partial charge < -0.3 is 14.4 Å². The van der Waals surface area contributed by atoms with E-state index in [0.717, 1.165) is 44.4 Å². The Balaban J connectivity index is 4.00. The van der Waals surface area contributed by atoms with Crippen LogP contribution in [0, 0.1) is 0 Å². The smallest absolute Gasteiger partial charge is 0.320 e. The topological polar surface area (TPSA) is 55.8 Å². The number of hydrogen-bond acceptors (Lipinski definition) is 7. The van der Waals surface area contributed by atoms with Crippen LogP contribution >= 0.6 is 21.6 Å². The molecule has 0 N–H and O–H groups in total. The molecular formula is C41H81NO4S2. The van der Waals surface area contributed by atoms with Gasteiger partial charge >= 0.3 is 11.9 Å². The molecule has 0 aliphatic rings. The summed E-state index contributed by atoms with van der Waals surface area (Å²) >= 11 is 0. The second kappa shape index (κ2) is 39.4. The number of unbranched alkanes of at least 4 members (excludes halogenated alkanes) is 26. The maximum Gasteiger partial charge on any atom is 0.320 e. The summed E-state index contributed by atoms with van der Waals surface area (Å²) in [5.74, 6) is 0.410. The summed E-state index contributed by atoms with van der Waals surface area (Å²) < 4.78 is 11.2. The molecule has 0 aromatic heterocycles. The van der Waals surface area contributed by atoms with Crippen molar-refractivity contribution in [2.24, 2.45) is 0 Å². The van der Waals surface area contributed by atoms with Crippen molar-refractivity contribution in [3.05, 3.63) is 0 Å². The molecular weight excluding hydrogens is 635 g/mol. The molecule has 7 heteroatoms. The SMILES string of the molecule is CCCCCCCCCCCCCCCCOC(=O)CC(SSCCCN(C)C)C(=O)OCCCCCCCCCCCCCCCC. The number of rotatable bonds is 39. The van der Waals surface area contributed by atoms with Gasteiger partial charge in [-0.25, -0.2) is 0 Å². The van der Waals surface area contributed by atoms with Crippen LogP contribution in [0.2, 0.25) is 0 Å². The van der Waals surface area contributed by atoms with E-state index in [1.165, 1.54) is 165 Å². The molecule has 0 aromatic rings.